The minimum atomic E-state index is -3.84. The summed E-state index contributed by atoms with van der Waals surface area (Å²) in [5.74, 6) is 0.703. The topological polar surface area (TPSA) is 73.2 Å². The Morgan fingerprint density at radius 2 is 1.44 bits per heavy atom. The van der Waals surface area contributed by atoms with Gasteiger partial charge in [-0.15, -0.1) is 16.8 Å². The molecular weight excluding hydrogens is 446 g/mol. The van der Waals surface area contributed by atoms with Gasteiger partial charge in [-0.3, -0.25) is 0 Å². The van der Waals surface area contributed by atoms with Gasteiger partial charge >= 0.3 is 0 Å². The van der Waals surface area contributed by atoms with Gasteiger partial charge in [0.05, 0.1) is 4.90 Å². The van der Waals surface area contributed by atoms with Gasteiger partial charge in [0.15, 0.2) is 0 Å². The highest BCUT2D eigenvalue weighted by atomic mass is 35.5. The number of rotatable bonds is 4. The fourth-order valence-corrected chi connectivity index (χ4v) is 4.63. The Balaban J connectivity index is 0.00000289. The highest BCUT2D eigenvalue weighted by Crippen LogP contribution is 2.22. The maximum absolute atomic E-state index is 13.0. The van der Waals surface area contributed by atoms with E-state index >= 15 is 0 Å². The molecule has 32 heavy (non-hydrogen) atoms. The first-order valence-electron chi connectivity index (χ1n) is 10.2. The van der Waals surface area contributed by atoms with Crippen molar-refractivity contribution in [1.29, 1.82) is 0 Å². The minimum absolute atomic E-state index is 0. The molecule has 0 bridgehead atoms. The van der Waals surface area contributed by atoms with Crippen molar-refractivity contribution in [2.24, 2.45) is 4.40 Å². The van der Waals surface area contributed by atoms with Gasteiger partial charge in [0, 0.05) is 37.4 Å². The standard InChI is InChI=1S/C24H25N3O3S.ClH/c1-19-7-13-23(14-8-19)31(29,30)25-24(20-5-3-2-4-6-20)27-17-15-26(16-18-27)21-9-11-22(28)12-10-21;/h2-14,28H,15-18H2,1H3;1H/b25-24+;. The van der Waals surface area contributed by atoms with Crippen molar-refractivity contribution in [3.8, 4) is 5.75 Å². The van der Waals surface area contributed by atoms with Crippen LogP contribution in [0.15, 0.2) is 88.2 Å². The highest BCUT2D eigenvalue weighted by Gasteiger charge is 2.24. The van der Waals surface area contributed by atoms with Crippen molar-refractivity contribution in [1.82, 2.24) is 4.90 Å². The quantitative estimate of drug-likeness (QED) is 0.458. The Kier molecular flexibility index (Phi) is 7.43. The van der Waals surface area contributed by atoms with Gasteiger partial charge in [-0.2, -0.15) is 8.42 Å². The summed E-state index contributed by atoms with van der Waals surface area (Å²) in [6.45, 7) is 4.64. The number of halogens is 1. The molecule has 1 aliphatic rings. The highest BCUT2D eigenvalue weighted by molar-refractivity contribution is 7.90. The normalized spacial score (nSPS) is 14.7. The van der Waals surface area contributed by atoms with Crippen LogP contribution in [0.4, 0.5) is 5.69 Å². The summed E-state index contributed by atoms with van der Waals surface area (Å²) in [4.78, 5) is 4.43. The number of hydrogen-bond donors (Lipinski definition) is 1. The van der Waals surface area contributed by atoms with E-state index in [2.05, 4.69) is 9.30 Å². The predicted octanol–water partition coefficient (Wildman–Crippen LogP) is 4.08. The molecule has 0 saturated carbocycles. The van der Waals surface area contributed by atoms with Crippen LogP contribution in [0, 0.1) is 6.92 Å². The molecule has 1 aliphatic heterocycles. The molecule has 0 aromatic heterocycles. The van der Waals surface area contributed by atoms with Gasteiger partial charge < -0.3 is 14.9 Å². The van der Waals surface area contributed by atoms with Crippen LogP contribution in [0.3, 0.4) is 0 Å². The van der Waals surface area contributed by atoms with Gasteiger partial charge in [0.2, 0.25) is 0 Å². The minimum Gasteiger partial charge on any atom is -0.508 e. The van der Waals surface area contributed by atoms with E-state index < -0.39 is 10.0 Å². The first-order valence-corrected chi connectivity index (χ1v) is 11.6. The summed E-state index contributed by atoms with van der Waals surface area (Å²) in [6, 6.07) is 23.3. The van der Waals surface area contributed by atoms with Crippen LogP contribution in [-0.4, -0.2) is 50.4 Å². The zero-order valence-corrected chi connectivity index (χ0v) is 19.4. The molecule has 168 valence electrons. The molecule has 0 spiro atoms. The third-order valence-corrected chi connectivity index (χ3v) is 6.63. The molecule has 3 aromatic carbocycles. The first-order chi connectivity index (χ1) is 14.9. The SMILES string of the molecule is Cc1ccc(S(=O)(=O)/N=C(\c2ccccc2)N2CCN(c3ccc(O)cc3)CC2)cc1.Cl. The van der Waals surface area contributed by atoms with Crippen molar-refractivity contribution in [2.75, 3.05) is 31.1 Å². The van der Waals surface area contributed by atoms with Crippen LogP contribution in [0.2, 0.25) is 0 Å². The smallest absolute Gasteiger partial charge is 0.284 e. The number of amidine groups is 1. The van der Waals surface area contributed by atoms with Crippen molar-refractivity contribution in [2.45, 2.75) is 11.8 Å². The predicted molar refractivity (Wildman–Crippen MR) is 130 cm³/mol. The van der Waals surface area contributed by atoms with Crippen LogP contribution in [0.5, 0.6) is 5.75 Å². The van der Waals surface area contributed by atoms with Crippen molar-refractivity contribution >= 4 is 34.0 Å². The molecule has 0 atom stereocenters. The molecule has 1 saturated heterocycles. The fraction of sp³-hybridized carbons (Fsp3) is 0.208. The Bertz CT molecular complexity index is 1160. The van der Waals surface area contributed by atoms with E-state index in [9.17, 15) is 13.5 Å². The number of phenolic OH excluding ortho intramolecular Hbond substituents is 1. The summed E-state index contributed by atoms with van der Waals surface area (Å²) in [7, 11) is -3.84. The van der Waals surface area contributed by atoms with E-state index in [1.54, 1.807) is 36.4 Å². The number of aryl methyl sites for hydroxylation is 1. The van der Waals surface area contributed by atoms with E-state index in [0.29, 0.717) is 18.9 Å². The number of hydrogen-bond acceptors (Lipinski definition) is 4. The maximum Gasteiger partial charge on any atom is 0.284 e. The number of sulfonamides is 1. The summed E-state index contributed by atoms with van der Waals surface area (Å²) in [6.07, 6.45) is 0. The van der Waals surface area contributed by atoms with Gasteiger partial charge in [-0.1, -0.05) is 48.0 Å². The molecule has 8 heteroatoms. The summed E-state index contributed by atoms with van der Waals surface area (Å²) in [5, 5.41) is 9.51. The first kappa shape index (κ1) is 23.6. The zero-order valence-electron chi connectivity index (χ0n) is 17.8. The average Bonchev–Trinajstić information content (AvgIpc) is 2.79. The Hall–Kier alpha value is -3.03. The molecular formula is C24H26ClN3O3S. The number of benzene rings is 3. The summed E-state index contributed by atoms with van der Waals surface area (Å²) < 4.78 is 30.4. The lowest BCUT2D eigenvalue weighted by molar-refractivity contribution is 0.386. The largest absolute Gasteiger partial charge is 0.508 e. The Morgan fingerprint density at radius 3 is 2.03 bits per heavy atom. The van der Waals surface area contributed by atoms with Crippen LogP contribution in [0.1, 0.15) is 11.1 Å². The van der Waals surface area contributed by atoms with Crippen molar-refractivity contribution in [3.63, 3.8) is 0 Å². The molecule has 1 heterocycles. The lowest BCUT2D eigenvalue weighted by atomic mass is 10.1. The second-order valence-electron chi connectivity index (χ2n) is 7.56. The summed E-state index contributed by atoms with van der Waals surface area (Å²) in [5.41, 5.74) is 2.80. The lowest BCUT2D eigenvalue weighted by Crippen LogP contribution is -2.49. The third kappa shape index (κ3) is 5.41. The van der Waals surface area contributed by atoms with E-state index in [0.717, 1.165) is 29.9 Å². The van der Waals surface area contributed by atoms with E-state index in [1.807, 2.05) is 54.3 Å². The second-order valence-corrected chi connectivity index (χ2v) is 9.16. The summed E-state index contributed by atoms with van der Waals surface area (Å²) >= 11 is 0. The Labute approximate surface area is 195 Å². The molecule has 3 aromatic rings. The molecule has 0 aliphatic carbocycles. The number of nitrogens with zero attached hydrogens (tertiary/aromatic N) is 3. The Morgan fingerprint density at radius 1 is 0.844 bits per heavy atom. The number of piperazine rings is 1. The molecule has 0 radical (unpaired) electrons. The molecule has 0 amide bonds. The molecule has 0 unspecified atom stereocenters. The van der Waals surface area contributed by atoms with Gasteiger partial charge in [-0.05, 0) is 43.3 Å². The zero-order chi connectivity index (χ0) is 21.8. The second kappa shape index (κ2) is 10.1. The monoisotopic (exact) mass is 471 g/mol. The average molecular weight is 472 g/mol. The van der Waals surface area contributed by atoms with Crippen LogP contribution in [0.25, 0.3) is 0 Å². The number of anilines is 1. The molecule has 4 rings (SSSR count). The lowest BCUT2D eigenvalue weighted by Gasteiger charge is -2.37. The van der Waals surface area contributed by atoms with Crippen LogP contribution >= 0.6 is 12.4 Å². The van der Waals surface area contributed by atoms with E-state index in [1.165, 1.54) is 0 Å². The van der Waals surface area contributed by atoms with Gasteiger partial charge in [0.25, 0.3) is 10.0 Å². The molecule has 1 fully saturated rings. The van der Waals surface area contributed by atoms with Gasteiger partial charge in [0.1, 0.15) is 11.6 Å². The van der Waals surface area contributed by atoms with Crippen LogP contribution < -0.4 is 4.90 Å². The van der Waals surface area contributed by atoms with E-state index in [-0.39, 0.29) is 23.1 Å². The maximum atomic E-state index is 13.0. The molecule has 6 nitrogen and oxygen atoms in total. The number of aromatic hydroxyl groups is 1. The van der Waals surface area contributed by atoms with Gasteiger partial charge in [-0.25, -0.2) is 0 Å². The van der Waals surface area contributed by atoms with Crippen molar-refractivity contribution < 1.29 is 13.5 Å². The van der Waals surface area contributed by atoms with E-state index in [4.69, 9.17) is 0 Å². The van der Waals surface area contributed by atoms with Crippen LogP contribution in [-0.2, 0) is 10.0 Å². The fourth-order valence-electron chi connectivity index (χ4n) is 3.60. The number of phenols is 1. The third-order valence-electron chi connectivity index (χ3n) is 5.35. The molecule has 1 N–H and O–H groups in total. The van der Waals surface area contributed by atoms with Crippen molar-refractivity contribution in [3.05, 3.63) is 90.0 Å².